The van der Waals surface area contributed by atoms with E-state index >= 15 is 0 Å². The van der Waals surface area contributed by atoms with E-state index < -0.39 is 10.2 Å². The van der Waals surface area contributed by atoms with Crippen LogP contribution in [0.2, 0.25) is 0 Å². The molecule has 1 N–H and O–H groups in total. The van der Waals surface area contributed by atoms with Gasteiger partial charge in [0, 0.05) is 12.1 Å². The second kappa shape index (κ2) is 5.29. The van der Waals surface area contributed by atoms with Gasteiger partial charge in [-0.2, -0.15) is 22.7 Å². The zero-order chi connectivity index (χ0) is 11.4. The van der Waals surface area contributed by atoms with Crippen LogP contribution in [0.25, 0.3) is 0 Å². The lowest BCUT2D eigenvalue weighted by Gasteiger charge is -2.24. The molecule has 0 fully saturated rings. The van der Waals surface area contributed by atoms with Crippen LogP contribution in [0.4, 0.5) is 0 Å². The van der Waals surface area contributed by atoms with E-state index in [4.69, 9.17) is 5.26 Å². The number of nitrogens with zero attached hydrogens (tertiary/aromatic N) is 2. The maximum absolute atomic E-state index is 11.6. The fourth-order valence-corrected chi connectivity index (χ4v) is 2.49. The number of rotatable bonds is 5. The summed E-state index contributed by atoms with van der Waals surface area (Å²) >= 11 is 0. The zero-order valence-electron chi connectivity index (χ0n) is 8.98. The van der Waals surface area contributed by atoms with E-state index in [2.05, 4.69) is 4.72 Å². The van der Waals surface area contributed by atoms with Crippen LogP contribution in [0.5, 0.6) is 0 Å². The van der Waals surface area contributed by atoms with Gasteiger partial charge in [-0.1, -0.05) is 0 Å². The van der Waals surface area contributed by atoms with Gasteiger partial charge in [0.2, 0.25) is 0 Å². The van der Waals surface area contributed by atoms with Crippen LogP contribution in [0.3, 0.4) is 0 Å². The smallest absolute Gasteiger partial charge is 0.200 e. The van der Waals surface area contributed by atoms with Crippen molar-refractivity contribution in [1.29, 1.82) is 5.26 Å². The van der Waals surface area contributed by atoms with Gasteiger partial charge in [0.1, 0.15) is 6.54 Å². The van der Waals surface area contributed by atoms with Crippen molar-refractivity contribution in [3.05, 3.63) is 0 Å². The van der Waals surface area contributed by atoms with E-state index in [1.54, 1.807) is 27.7 Å². The topological polar surface area (TPSA) is 73.2 Å². The van der Waals surface area contributed by atoms with Crippen molar-refractivity contribution >= 4 is 10.2 Å². The van der Waals surface area contributed by atoms with E-state index in [9.17, 15) is 8.42 Å². The fourth-order valence-electron chi connectivity index (χ4n) is 0.980. The fraction of sp³-hybridized carbons (Fsp3) is 0.875. The van der Waals surface area contributed by atoms with E-state index in [1.165, 1.54) is 0 Å². The van der Waals surface area contributed by atoms with Crippen molar-refractivity contribution < 1.29 is 8.42 Å². The molecule has 5 nitrogen and oxygen atoms in total. The lowest BCUT2D eigenvalue weighted by Crippen LogP contribution is -2.46. The van der Waals surface area contributed by atoms with Crippen molar-refractivity contribution in [1.82, 2.24) is 9.03 Å². The molecular weight excluding hydrogens is 202 g/mol. The first-order valence-corrected chi connectivity index (χ1v) is 5.91. The third-order valence-corrected chi connectivity index (χ3v) is 3.43. The number of nitriles is 1. The quantitative estimate of drug-likeness (QED) is 0.683. The summed E-state index contributed by atoms with van der Waals surface area (Å²) in [6.07, 6.45) is 0. The molecule has 6 heteroatoms. The van der Waals surface area contributed by atoms with Crippen LogP contribution >= 0.6 is 0 Å². The zero-order valence-corrected chi connectivity index (χ0v) is 9.80. The molecule has 0 radical (unpaired) electrons. The Morgan fingerprint density at radius 3 is 2.14 bits per heavy atom. The summed E-state index contributed by atoms with van der Waals surface area (Å²) in [4.78, 5) is 0. The van der Waals surface area contributed by atoms with Crippen LogP contribution in [0, 0.1) is 11.3 Å². The van der Waals surface area contributed by atoms with Gasteiger partial charge in [0.05, 0.1) is 6.07 Å². The Kier molecular flexibility index (Phi) is 5.05. The Hall–Kier alpha value is -0.640. The average molecular weight is 219 g/mol. The Balaban J connectivity index is 4.74. The monoisotopic (exact) mass is 219 g/mol. The standard InChI is InChI=1S/C8H17N3O2S/c1-7(2)10-14(12,13)11(6-5-9)8(3)4/h7-8,10H,6H2,1-4H3. The molecular formula is C8H17N3O2S. The molecule has 0 bridgehead atoms. The number of hydrogen-bond acceptors (Lipinski definition) is 3. The van der Waals surface area contributed by atoms with Crippen molar-refractivity contribution in [2.24, 2.45) is 0 Å². The first-order chi connectivity index (χ1) is 6.31. The minimum Gasteiger partial charge on any atom is -0.200 e. The van der Waals surface area contributed by atoms with Crippen LogP contribution in [-0.4, -0.2) is 31.4 Å². The highest BCUT2D eigenvalue weighted by atomic mass is 32.2. The Morgan fingerprint density at radius 1 is 1.36 bits per heavy atom. The second-order valence-electron chi connectivity index (χ2n) is 3.57. The van der Waals surface area contributed by atoms with Crippen molar-refractivity contribution in [2.45, 2.75) is 39.8 Å². The molecule has 0 aliphatic carbocycles. The molecule has 0 heterocycles. The normalized spacial score (nSPS) is 12.4. The first-order valence-electron chi connectivity index (χ1n) is 4.47. The van der Waals surface area contributed by atoms with Crippen LogP contribution in [-0.2, 0) is 10.2 Å². The summed E-state index contributed by atoms with van der Waals surface area (Å²) in [7, 11) is -3.52. The second-order valence-corrected chi connectivity index (χ2v) is 5.23. The molecule has 0 saturated heterocycles. The molecule has 0 atom stereocenters. The van der Waals surface area contributed by atoms with Crippen LogP contribution in [0.15, 0.2) is 0 Å². The van der Waals surface area contributed by atoms with Crippen LogP contribution < -0.4 is 4.72 Å². The van der Waals surface area contributed by atoms with Gasteiger partial charge < -0.3 is 0 Å². The summed E-state index contributed by atoms with van der Waals surface area (Å²) in [5.41, 5.74) is 0. The molecule has 0 aromatic carbocycles. The summed E-state index contributed by atoms with van der Waals surface area (Å²) in [6.45, 7) is 6.82. The predicted molar refractivity (Wildman–Crippen MR) is 54.6 cm³/mol. The summed E-state index contributed by atoms with van der Waals surface area (Å²) < 4.78 is 26.8. The molecule has 0 aromatic rings. The minimum absolute atomic E-state index is 0.125. The molecule has 0 aliphatic heterocycles. The van der Waals surface area contributed by atoms with Gasteiger partial charge in [0.15, 0.2) is 0 Å². The lowest BCUT2D eigenvalue weighted by atomic mass is 10.4. The van der Waals surface area contributed by atoms with E-state index in [1.807, 2.05) is 6.07 Å². The van der Waals surface area contributed by atoms with E-state index in [0.29, 0.717) is 0 Å². The molecule has 0 unspecified atom stereocenters. The third kappa shape index (κ3) is 4.05. The molecule has 0 spiro atoms. The minimum atomic E-state index is -3.52. The first kappa shape index (κ1) is 13.4. The van der Waals surface area contributed by atoms with Gasteiger partial charge in [-0.05, 0) is 27.7 Å². The van der Waals surface area contributed by atoms with Gasteiger partial charge in [-0.15, -0.1) is 0 Å². The van der Waals surface area contributed by atoms with Gasteiger partial charge in [0.25, 0.3) is 10.2 Å². The summed E-state index contributed by atoms with van der Waals surface area (Å²) in [5.74, 6) is 0. The van der Waals surface area contributed by atoms with Gasteiger partial charge in [-0.3, -0.25) is 0 Å². The largest absolute Gasteiger partial charge is 0.280 e. The lowest BCUT2D eigenvalue weighted by molar-refractivity contribution is 0.375. The SMILES string of the molecule is CC(C)NS(=O)(=O)N(CC#N)C(C)C. The maximum atomic E-state index is 11.6. The summed E-state index contributed by atoms with van der Waals surface area (Å²) in [5, 5.41) is 8.50. The molecule has 0 aliphatic rings. The highest BCUT2D eigenvalue weighted by Crippen LogP contribution is 2.04. The maximum Gasteiger partial charge on any atom is 0.280 e. The molecule has 0 amide bonds. The van der Waals surface area contributed by atoms with Crippen LogP contribution in [0.1, 0.15) is 27.7 Å². The molecule has 0 saturated carbocycles. The van der Waals surface area contributed by atoms with Gasteiger partial charge in [-0.25, -0.2) is 0 Å². The Labute approximate surface area is 85.9 Å². The average Bonchev–Trinajstić information content (AvgIpc) is 1.96. The van der Waals surface area contributed by atoms with Crippen molar-refractivity contribution in [3.63, 3.8) is 0 Å². The predicted octanol–water partition coefficient (Wildman–Crippen LogP) is 0.463. The molecule has 0 rings (SSSR count). The van der Waals surface area contributed by atoms with Crippen molar-refractivity contribution in [3.8, 4) is 6.07 Å². The third-order valence-electron chi connectivity index (χ3n) is 1.50. The Bertz CT molecular complexity index is 303. The summed E-state index contributed by atoms with van der Waals surface area (Å²) in [6, 6.07) is 1.45. The number of nitrogens with one attached hydrogen (secondary N) is 1. The molecule has 0 aromatic heterocycles. The van der Waals surface area contributed by atoms with Gasteiger partial charge >= 0.3 is 0 Å². The Morgan fingerprint density at radius 2 is 1.86 bits per heavy atom. The van der Waals surface area contributed by atoms with E-state index in [-0.39, 0.29) is 18.6 Å². The number of hydrogen-bond donors (Lipinski definition) is 1. The molecule has 14 heavy (non-hydrogen) atoms. The molecule has 82 valence electrons. The highest BCUT2D eigenvalue weighted by molar-refractivity contribution is 7.87. The highest BCUT2D eigenvalue weighted by Gasteiger charge is 2.24. The van der Waals surface area contributed by atoms with Crippen molar-refractivity contribution in [2.75, 3.05) is 6.54 Å². The van der Waals surface area contributed by atoms with E-state index in [0.717, 1.165) is 4.31 Å².